The van der Waals surface area contributed by atoms with E-state index < -0.39 is 0 Å². The number of hydrogen-bond acceptors (Lipinski definition) is 8. The maximum Gasteiger partial charge on any atom is 0.168 e. The minimum absolute atomic E-state index is 0.573. The molecule has 1 N–H and O–H groups in total. The van der Waals surface area contributed by atoms with Crippen LogP contribution in [0.5, 0.6) is 11.5 Å². The van der Waals surface area contributed by atoms with Gasteiger partial charge in [-0.25, -0.2) is 14.6 Å². The second kappa shape index (κ2) is 9.88. The summed E-state index contributed by atoms with van der Waals surface area (Å²) < 4.78 is 12.8. The van der Waals surface area contributed by atoms with E-state index in [0.29, 0.717) is 18.1 Å². The maximum atomic E-state index is 5.71. The molecule has 2 heterocycles. The highest BCUT2D eigenvalue weighted by molar-refractivity contribution is 5.88. The quantitative estimate of drug-likeness (QED) is 0.321. The average Bonchev–Trinajstić information content (AvgIpc) is 3.25. The number of aromatic nitrogens is 4. The zero-order valence-corrected chi connectivity index (χ0v) is 18.3. The molecule has 0 aliphatic heterocycles. The monoisotopic (exact) mass is 431 g/mol. The predicted octanol–water partition coefficient (Wildman–Crippen LogP) is 3.21. The fourth-order valence-electron chi connectivity index (χ4n) is 3.03. The lowest BCUT2D eigenvalue weighted by molar-refractivity contribution is 0.261. The lowest BCUT2D eigenvalue weighted by Crippen LogP contribution is -2.19. The van der Waals surface area contributed by atoms with Gasteiger partial charge >= 0.3 is 0 Å². The van der Waals surface area contributed by atoms with Gasteiger partial charge in [0.1, 0.15) is 24.4 Å². The van der Waals surface area contributed by atoms with Gasteiger partial charge in [-0.15, -0.1) is 0 Å². The molecule has 0 spiro atoms. The second-order valence-corrected chi connectivity index (χ2v) is 7.31. The molecule has 9 heteroatoms. The molecule has 0 unspecified atom stereocenters. The molecule has 4 aromatic rings. The Bertz CT molecular complexity index is 1200. The third-order valence-corrected chi connectivity index (χ3v) is 4.74. The summed E-state index contributed by atoms with van der Waals surface area (Å²) in [6.45, 7) is 1.52. The first kappa shape index (κ1) is 21.3. The zero-order chi connectivity index (χ0) is 22.3. The highest BCUT2D eigenvalue weighted by atomic mass is 16.5. The Morgan fingerprint density at radius 1 is 1.09 bits per heavy atom. The van der Waals surface area contributed by atoms with Crippen LogP contribution in [-0.2, 0) is 0 Å². The Labute approximate surface area is 186 Å². The molecule has 32 heavy (non-hydrogen) atoms. The zero-order valence-electron chi connectivity index (χ0n) is 18.3. The van der Waals surface area contributed by atoms with Gasteiger partial charge in [-0.3, -0.25) is 5.43 Å². The summed E-state index contributed by atoms with van der Waals surface area (Å²) in [5, 5.41) is 9.54. The minimum atomic E-state index is 0.573. The van der Waals surface area contributed by atoms with Crippen molar-refractivity contribution in [3.05, 3.63) is 66.6 Å². The Balaban J connectivity index is 1.45. The van der Waals surface area contributed by atoms with Crippen molar-refractivity contribution in [3.8, 4) is 17.2 Å². The number of methoxy groups -OCH3 is 1. The van der Waals surface area contributed by atoms with Crippen molar-refractivity contribution >= 4 is 23.1 Å². The molecule has 0 fully saturated rings. The number of nitrogens with one attached hydrogen (secondary N) is 1. The van der Waals surface area contributed by atoms with Crippen LogP contribution < -0.4 is 14.9 Å². The molecule has 2 aromatic carbocycles. The van der Waals surface area contributed by atoms with E-state index in [4.69, 9.17) is 9.47 Å². The number of nitrogens with zero attached hydrogens (tertiary/aromatic N) is 6. The highest BCUT2D eigenvalue weighted by Crippen LogP contribution is 2.23. The van der Waals surface area contributed by atoms with Crippen LogP contribution in [0.2, 0.25) is 0 Å². The van der Waals surface area contributed by atoms with Crippen molar-refractivity contribution in [1.82, 2.24) is 24.6 Å². The minimum Gasteiger partial charge on any atom is -0.497 e. The SMILES string of the molecule is COc1cccc(-n2ncc3c(N/N=C/c4ccc(OCCN(C)C)cc4)ncnc32)c1. The van der Waals surface area contributed by atoms with Crippen LogP contribution in [-0.4, -0.2) is 65.2 Å². The van der Waals surface area contributed by atoms with Gasteiger partial charge in [0.05, 0.1) is 30.6 Å². The van der Waals surface area contributed by atoms with Gasteiger partial charge in [0, 0.05) is 12.6 Å². The van der Waals surface area contributed by atoms with E-state index in [-0.39, 0.29) is 0 Å². The van der Waals surface area contributed by atoms with Gasteiger partial charge in [-0.1, -0.05) is 6.07 Å². The largest absolute Gasteiger partial charge is 0.497 e. The first-order valence-electron chi connectivity index (χ1n) is 10.1. The van der Waals surface area contributed by atoms with E-state index in [1.165, 1.54) is 6.33 Å². The first-order valence-corrected chi connectivity index (χ1v) is 10.1. The van der Waals surface area contributed by atoms with Crippen LogP contribution in [0.3, 0.4) is 0 Å². The summed E-state index contributed by atoms with van der Waals surface area (Å²) in [6.07, 6.45) is 4.93. The third-order valence-electron chi connectivity index (χ3n) is 4.74. The lowest BCUT2D eigenvalue weighted by atomic mass is 10.2. The van der Waals surface area contributed by atoms with E-state index in [9.17, 15) is 0 Å². The molecular weight excluding hydrogens is 406 g/mol. The summed E-state index contributed by atoms with van der Waals surface area (Å²) in [4.78, 5) is 10.8. The van der Waals surface area contributed by atoms with Gasteiger partial charge in [0.15, 0.2) is 11.5 Å². The molecule has 9 nitrogen and oxygen atoms in total. The van der Waals surface area contributed by atoms with Crippen molar-refractivity contribution in [1.29, 1.82) is 0 Å². The Hall–Kier alpha value is -3.98. The fraction of sp³-hybridized carbons (Fsp3) is 0.217. The molecule has 0 saturated carbocycles. The molecule has 0 amide bonds. The molecule has 0 atom stereocenters. The van der Waals surface area contributed by atoms with Crippen LogP contribution in [0, 0.1) is 0 Å². The summed E-state index contributed by atoms with van der Waals surface area (Å²) in [5.41, 5.74) is 5.45. The molecule has 0 aliphatic carbocycles. The number of rotatable bonds is 9. The summed E-state index contributed by atoms with van der Waals surface area (Å²) >= 11 is 0. The summed E-state index contributed by atoms with van der Waals surface area (Å²) in [7, 11) is 5.67. The maximum absolute atomic E-state index is 5.71. The molecule has 0 saturated heterocycles. The Morgan fingerprint density at radius 3 is 2.72 bits per heavy atom. The summed E-state index contributed by atoms with van der Waals surface area (Å²) in [6, 6.07) is 15.4. The molecule has 164 valence electrons. The van der Waals surface area contributed by atoms with Gasteiger partial charge in [0.25, 0.3) is 0 Å². The second-order valence-electron chi connectivity index (χ2n) is 7.31. The number of fused-ring (bicyclic) bond motifs is 1. The third kappa shape index (κ3) is 5.01. The normalized spacial score (nSPS) is 11.4. The predicted molar refractivity (Wildman–Crippen MR) is 125 cm³/mol. The van der Waals surface area contributed by atoms with Crippen molar-refractivity contribution in [2.45, 2.75) is 0 Å². The Morgan fingerprint density at radius 2 is 1.94 bits per heavy atom. The summed E-state index contributed by atoms with van der Waals surface area (Å²) in [5.74, 6) is 2.15. The van der Waals surface area contributed by atoms with Crippen molar-refractivity contribution in [2.75, 3.05) is 39.8 Å². The van der Waals surface area contributed by atoms with E-state index >= 15 is 0 Å². The fourth-order valence-corrected chi connectivity index (χ4v) is 3.03. The molecule has 4 rings (SSSR count). The van der Waals surface area contributed by atoms with E-state index in [1.54, 1.807) is 24.2 Å². The van der Waals surface area contributed by atoms with Crippen LogP contribution in [0.15, 0.2) is 66.2 Å². The highest BCUT2D eigenvalue weighted by Gasteiger charge is 2.11. The molecular formula is C23H25N7O2. The molecule has 0 aliphatic rings. The van der Waals surface area contributed by atoms with Crippen LogP contribution in [0.25, 0.3) is 16.7 Å². The lowest BCUT2D eigenvalue weighted by Gasteiger charge is -2.10. The Kier molecular flexibility index (Phi) is 6.57. The standard InChI is InChI=1S/C23H25N7O2/c1-29(2)11-12-32-19-9-7-17(8-10-19)14-26-28-22-21-15-27-30(23(21)25-16-24-22)18-5-4-6-20(13-18)31-3/h4-10,13-16H,11-12H2,1-3H3,(H,24,25,28)/b26-14+. The van der Waals surface area contributed by atoms with Gasteiger partial charge in [-0.05, 0) is 56.1 Å². The smallest absolute Gasteiger partial charge is 0.168 e. The van der Waals surface area contributed by atoms with Crippen LogP contribution in [0.4, 0.5) is 5.82 Å². The number of anilines is 1. The van der Waals surface area contributed by atoms with Crippen molar-refractivity contribution in [2.24, 2.45) is 5.10 Å². The van der Waals surface area contributed by atoms with Gasteiger partial charge < -0.3 is 14.4 Å². The van der Waals surface area contributed by atoms with Crippen molar-refractivity contribution in [3.63, 3.8) is 0 Å². The molecule has 2 aromatic heterocycles. The van der Waals surface area contributed by atoms with Crippen LogP contribution >= 0.6 is 0 Å². The van der Waals surface area contributed by atoms with E-state index in [1.807, 2.05) is 62.6 Å². The van der Waals surface area contributed by atoms with Gasteiger partial charge in [-0.2, -0.15) is 10.2 Å². The number of benzene rings is 2. The van der Waals surface area contributed by atoms with Crippen LogP contribution in [0.1, 0.15) is 5.56 Å². The molecule has 0 bridgehead atoms. The van der Waals surface area contributed by atoms with Gasteiger partial charge in [0.2, 0.25) is 0 Å². The van der Waals surface area contributed by atoms with E-state index in [2.05, 4.69) is 30.5 Å². The number of hydrazone groups is 1. The number of hydrogen-bond donors (Lipinski definition) is 1. The average molecular weight is 432 g/mol. The van der Waals surface area contributed by atoms with Crippen molar-refractivity contribution < 1.29 is 9.47 Å². The topological polar surface area (TPSA) is 89.7 Å². The molecule has 0 radical (unpaired) electrons. The first-order chi connectivity index (χ1) is 15.6. The van der Waals surface area contributed by atoms with E-state index in [0.717, 1.165) is 34.7 Å². The number of likely N-dealkylation sites (N-methyl/N-ethyl adjacent to an activating group) is 1. The number of ether oxygens (including phenoxy) is 2.